The minimum Gasteiger partial charge on any atom is -0.471 e. The first kappa shape index (κ1) is 28.2. The quantitative estimate of drug-likeness (QED) is 0.430. The van der Waals surface area contributed by atoms with Gasteiger partial charge in [-0.1, -0.05) is 12.1 Å². The number of carbonyl (C=O) groups is 2. The third-order valence-electron chi connectivity index (χ3n) is 6.24. The summed E-state index contributed by atoms with van der Waals surface area (Å²) >= 11 is 0. The van der Waals surface area contributed by atoms with Gasteiger partial charge in [0, 0.05) is 26.2 Å². The number of benzene rings is 1. The van der Waals surface area contributed by atoms with E-state index in [-0.39, 0.29) is 16.4 Å². The van der Waals surface area contributed by atoms with Crippen molar-refractivity contribution >= 4 is 27.8 Å². The van der Waals surface area contributed by atoms with Gasteiger partial charge in [0.25, 0.3) is 5.91 Å². The molecule has 0 radical (unpaired) electrons. The second-order valence-corrected chi connectivity index (χ2v) is 11.1. The molecule has 1 fully saturated rings. The van der Waals surface area contributed by atoms with Gasteiger partial charge < -0.3 is 9.73 Å². The van der Waals surface area contributed by atoms with E-state index in [0.29, 0.717) is 20.1 Å². The Morgan fingerprint density at radius 1 is 1.18 bits per heavy atom. The molecule has 10 nitrogen and oxygen atoms in total. The summed E-state index contributed by atoms with van der Waals surface area (Å²) in [6.45, 7) is -0.0113. The largest absolute Gasteiger partial charge is 0.471 e. The van der Waals surface area contributed by atoms with Crippen LogP contribution < -0.4 is 5.32 Å². The van der Waals surface area contributed by atoms with Crippen LogP contribution in [0.3, 0.4) is 0 Å². The lowest BCUT2D eigenvalue weighted by molar-refractivity contribution is -0.175. The number of hydrogen-bond donors (Lipinski definition) is 1. The molecule has 3 aromatic rings. The number of rotatable bonds is 7. The number of hydrogen-bond acceptors (Lipinski definition) is 7. The van der Waals surface area contributed by atoms with Crippen LogP contribution in [-0.2, 0) is 21.5 Å². The number of aryl methyl sites for hydroxylation is 1. The fraction of sp³-hybridized carbons (Fsp3) is 0.348. The average Bonchev–Trinajstić information content (AvgIpc) is 3.53. The van der Waals surface area contributed by atoms with Crippen molar-refractivity contribution in [1.82, 2.24) is 18.4 Å². The minimum atomic E-state index is -5.13. The molecule has 16 heteroatoms. The van der Waals surface area contributed by atoms with E-state index in [2.05, 4.69) is 10.4 Å². The summed E-state index contributed by atoms with van der Waals surface area (Å²) in [6.07, 6.45) is -2.88. The van der Waals surface area contributed by atoms with Gasteiger partial charge in [-0.25, -0.2) is 13.1 Å². The van der Waals surface area contributed by atoms with Crippen LogP contribution in [0.1, 0.15) is 33.1 Å². The molecule has 3 heterocycles. The van der Waals surface area contributed by atoms with Crippen molar-refractivity contribution in [3.05, 3.63) is 70.8 Å². The van der Waals surface area contributed by atoms with E-state index in [1.165, 1.54) is 25.3 Å². The Hall–Kier alpha value is -3.79. The second kappa shape index (κ2) is 10.1. The molecule has 39 heavy (non-hydrogen) atoms. The van der Waals surface area contributed by atoms with Gasteiger partial charge in [0.2, 0.25) is 5.91 Å². The van der Waals surface area contributed by atoms with Gasteiger partial charge in [0.1, 0.15) is 17.8 Å². The van der Waals surface area contributed by atoms with Crippen LogP contribution in [0.5, 0.6) is 0 Å². The molecule has 1 saturated heterocycles. The summed E-state index contributed by atoms with van der Waals surface area (Å²) in [7, 11) is -2.60. The molecule has 4 rings (SSSR count). The van der Waals surface area contributed by atoms with Crippen molar-refractivity contribution in [2.24, 2.45) is 5.92 Å². The molecule has 1 amide bonds. The number of alkyl halides is 3. The maximum Gasteiger partial charge on any atom is 0.394 e. The molecule has 2 aromatic heterocycles. The van der Waals surface area contributed by atoms with Crippen molar-refractivity contribution in [2.45, 2.75) is 25.6 Å². The highest BCUT2D eigenvalue weighted by Gasteiger charge is 2.59. The minimum absolute atomic E-state index is 0.0158. The van der Waals surface area contributed by atoms with Gasteiger partial charge in [-0.15, -0.1) is 0 Å². The van der Waals surface area contributed by atoms with Gasteiger partial charge in [-0.05, 0) is 24.6 Å². The van der Waals surface area contributed by atoms with Crippen LogP contribution in [0.25, 0.3) is 0 Å². The number of amides is 1. The topological polar surface area (TPSA) is 118 Å². The van der Waals surface area contributed by atoms with Crippen molar-refractivity contribution < 1.29 is 44.4 Å². The first-order chi connectivity index (χ1) is 18.1. The van der Waals surface area contributed by atoms with Crippen LogP contribution >= 0.6 is 0 Å². The van der Waals surface area contributed by atoms with Crippen molar-refractivity contribution in [2.75, 3.05) is 26.0 Å². The molecular weight excluding hydrogens is 553 g/mol. The predicted octanol–water partition coefficient (Wildman–Crippen LogP) is 3.27. The Morgan fingerprint density at radius 2 is 1.82 bits per heavy atom. The molecule has 0 saturated carbocycles. The van der Waals surface area contributed by atoms with E-state index >= 15 is 4.39 Å². The molecule has 1 aliphatic rings. The first-order valence-electron chi connectivity index (χ1n) is 11.3. The fourth-order valence-electron chi connectivity index (χ4n) is 4.10. The zero-order valence-corrected chi connectivity index (χ0v) is 21.5. The summed E-state index contributed by atoms with van der Waals surface area (Å²) in [5.41, 5.74) is -0.411. The molecule has 1 N–H and O–H groups in total. The van der Waals surface area contributed by atoms with Gasteiger partial charge in [0.05, 0.1) is 30.2 Å². The monoisotopic (exact) mass is 575 g/mol. The zero-order chi connectivity index (χ0) is 28.9. The standard InChI is InChI=1S/C23H22F5N5O5S/c1-12-10-38-11-15(12)21(34)33-20(29-8-13-4-6-14(24)7-5-13)18(25)19(30-33)17-16(23(26,27)28)9-32(22(17)35)39(36,37)31(2)3/h4-7,10-11,16-17,29H,8-9H2,1-3H3. The fourth-order valence-corrected chi connectivity index (χ4v) is 5.19. The Morgan fingerprint density at radius 3 is 2.36 bits per heavy atom. The number of halogens is 5. The molecule has 0 spiro atoms. The van der Waals surface area contributed by atoms with Gasteiger partial charge in [0.15, 0.2) is 11.6 Å². The normalized spacial score (nSPS) is 18.3. The highest BCUT2D eigenvalue weighted by molar-refractivity contribution is 7.87. The molecule has 0 bridgehead atoms. The van der Waals surface area contributed by atoms with Crippen molar-refractivity contribution in [3.63, 3.8) is 0 Å². The average molecular weight is 576 g/mol. The van der Waals surface area contributed by atoms with E-state index in [9.17, 15) is 35.6 Å². The third-order valence-corrected chi connectivity index (χ3v) is 8.04. The lowest BCUT2D eigenvalue weighted by atomic mass is 9.91. The third kappa shape index (κ3) is 5.13. The van der Waals surface area contributed by atoms with E-state index < -0.39 is 69.7 Å². The number of furan rings is 1. The molecule has 1 aromatic carbocycles. The predicted molar refractivity (Wildman–Crippen MR) is 126 cm³/mol. The van der Waals surface area contributed by atoms with Crippen LogP contribution in [0.15, 0.2) is 41.2 Å². The van der Waals surface area contributed by atoms with E-state index in [0.717, 1.165) is 32.5 Å². The number of nitrogens with one attached hydrogen (secondary N) is 1. The van der Waals surface area contributed by atoms with Crippen LogP contribution in [0.4, 0.5) is 27.8 Å². The number of carbonyl (C=O) groups excluding carboxylic acids is 2. The lowest BCUT2D eigenvalue weighted by Crippen LogP contribution is -2.41. The van der Waals surface area contributed by atoms with E-state index in [1.54, 1.807) is 0 Å². The molecule has 2 unspecified atom stereocenters. The lowest BCUT2D eigenvalue weighted by Gasteiger charge is -2.21. The summed E-state index contributed by atoms with van der Waals surface area (Å²) < 4.78 is 102. The summed E-state index contributed by atoms with van der Waals surface area (Å²) in [6, 6.07) is 4.96. The molecule has 210 valence electrons. The smallest absolute Gasteiger partial charge is 0.394 e. The van der Waals surface area contributed by atoms with Crippen LogP contribution in [-0.4, -0.2) is 65.4 Å². The Balaban J connectivity index is 1.83. The second-order valence-electron chi connectivity index (χ2n) is 9.00. The maximum atomic E-state index is 15.9. The van der Waals surface area contributed by atoms with E-state index in [1.807, 2.05) is 0 Å². The summed E-state index contributed by atoms with van der Waals surface area (Å²) in [5, 5.41) is 6.33. The highest BCUT2D eigenvalue weighted by Crippen LogP contribution is 2.45. The SMILES string of the molecule is Cc1cocc1C(=O)n1nc(C2C(=O)N(S(=O)(=O)N(C)C)CC2C(F)(F)F)c(F)c1NCc1ccc(F)cc1. The first-order valence-corrected chi connectivity index (χ1v) is 12.7. The number of nitrogens with zero attached hydrogens (tertiary/aromatic N) is 4. The van der Waals surface area contributed by atoms with Crippen molar-refractivity contribution in [1.29, 1.82) is 0 Å². The summed E-state index contributed by atoms with van der Waals surface area (Å²) in [4.78, 5) is 26.3. The van der Waals surface area contributed by atoms with Crippen LogP contribution in [0.2, 0.25) is 0 Å². The van der Waals surface area contributed by atoms with Crippen molar-refractivity contribution in [3.8, 4) is 0 Å². The number of aromatic nitrogens is 2. The Bertz CT molecular complexity index is 1510. The zero-order valence-electron chi connectivity index (χ0n) is 20.7. The molecular formula is C23H22F5N5O5S. The molecule has 2 atom stereocenters. The Labute approximate surface area is 219 Å². The van der Waals surface area contributed by atoms with Crippen LogP contribution in [0, 0.1) is 24.5 Å². The molecule has 0 aliphatic carbocycles. The van der Waals surface area contributed by atoms with Gasteiger partial charge in [-0.2, -0.15) is 35.7 Å². The summed E-state index contributed by atoms with van der Waals surface area (Å²) in [5.74, 6) is -10.3. The highest BCUT2D eigenvalue weighted by atomic mass is 32.2. The van der Waals surface area contributed by atoms with Gasteiger partial charge in [-0.3, -0.25) is 9.59 Å². The number of anilines is 1. The van der Waals surface area contributed by atoms with Gasteiger partial charge >= 0.3 is 16.4 Å². The molecule has 1 aliphatic heterocycles. The maximum absolute atomic E-state index is 15.9. The Kier molecular flexibility index (Phi) is 7.29. The van der Waals surface area contributed by atoms with E-state index in [4.69, 9.17) is 4.42 Å².